The Morgan fingerprint density at radius 2 is 1.90 bits per heavy atom. The van der Waals surface area contributed by atoms with Crippen LogP contribution in [0, 0.1) is 0 Å². The monoisotopic (exact) mass is 530 g/mol. The first-order valence-corrected chi connectivity index (χ1v) is 10.5. The molecule has 2 aromatic carbocycles. The SMILES string of the molecule is CCN1C(=CC=Cc2cc[n+](CCC(=O)O)c3ccccc23)Sc2ccccc21.[I-]. The van der Waals surface area contributed by atoms with Gasteiger partial charge in [-0.2, -0.15) is 4.57 Å². The second kappa shape index (κ2) is 10.1. The van der Waals surface area contributed by atoms with Crippen LogP contribution in [0.1, 0.15) is 18.9 Å². The summed E-state index contributed by atoms with van der Waals surface area (Å²) < 4.78 is 2.00. The summed E-state index contributed by atoms with van der Waals surface area (Å²) in [4.78, 5) is 14.6. The van der Waals surface area contributed by atoms with Crippen molar-refractivity contribution in [2.75, 3.05) is 11.4 Å². The predicted octanol–water partition coefficient (Wildman–Crippen LogP) is 2.09. The quantitative estimate of drug-likeness (QED) is 0.392. The zero-order chi connectivity index (χ0) is 20.2. The van der Waals surface area contributed by atoms with Gasteiger partial charge in [0.25, 0.3) is 0 Å². The third-order valence-electron chi connectivity index (χ3n) is 4.99. The van der Waals surface area contributed by atoms with E-state index in [0.29, 0.717) is 6.54 Å². The van der Waals surface area contributed by atoms with E-state index in [4.69, 9.17) is 5.11 Å². The predicted molar refractivity (Wildman–Crippen MR) is 119 cm³/mol. The fourth-order valence-corrected chi connectivity index (χ4v) is 4.74. The molecule has 0 saturated heterocycles. The number of rotatable bonds is 6. The molecular weight excluding hydrogens is 507 g/mol. The molecule has 0 atom stereocenters. The number of para-hydroxylation sites is 2. The third-order valence-corrected chi connectivity index (χ3v) is 6.12. The number of nitrogens with zero attached hydrogens (tertiary/aromatic N) is 2. The topological polar surface area (TPSA) is 44.4 Å². The van der Waals surface area contributed by atoms with Crippen LogP contribution >= 0.6 is 11.8 Å². The summed E-state index contributed by atoms with van der Waals surface area (Å²) in [6.45, 7) is 3.56. The number of aromatic nitrogens is 1. The molecule has 4 nitrogen and oxygen atoms in total. The number of aliphatic carboxylic acids is 1. The van der Waals surface area contributed by atoms with Gasteiger partial charge in [-0.3, -0.25) is 4.79 Å². The molecule has 0 fully saturated rings. The van der Waals surface area contributed by atoms with Gasteiger partial charge in [-0.25, -0.2) is 0 Å². The van der Waals surface area contributed by atoms with E-state index in [1.807, 2.05) is 35.0 Å². The fraction of sp³-hybridized carbons (Fsp3) is 0.167. The molecule has 0 radical (unpaired) electrons. The van der Waals surface area contributed by atoms with Gasteiger partial charge in [0.15, 0.2) is 12.7 Å². The number of carboxylic acid groups (broad SMARTS) is 1. The van der Waals surface area contributed by atoms with Gasteiger partial charge < -0.3 is 34.0 Å². The van der Waals surface area contributed by atoms with Gasteiger partial charge in [-0.15, -0.1) is 0 Å². The Morgan fingerprint density at radius 3 is 2.70 bits per heavy atom. The van der Waals surface area contributed by atoms with E-state index in [1.165, 1.54) is 15.6 Å². The summed E-state index contributed by atoms with van der Waals surface area (Å²) >= 11 is 1.80. The average Bonchev–Trinajstić information content (AvgIpc) is 3.10. The van der Waals surface area contributed by atoms with E-state index in [9.17, 15) is 4.79 Å². The van der Waals surface area contributed by atoms with Crippen LogP contribution in [-0.4, -0.2) is 17.6 Å². The van der Waals surface area contributed by atoms with Gasteiger partial charge in [-0.05, 0) is 36.8 Å². The first kappa shape index (κ1) is 22.4. The maximum absolute atomic E-state index is 10.9. The lowest BCUT2D eigenvalue weighted by molar-refractivity contribution is -0.670. The molecule has 0 spiro atoms. The van der Waals surface area contributed by atoms with E-state index in [-0.39, 0.29) is 30.4 Å². The summed E-state index contributed by atoms with van der Waals surface area (Å²) in [5.74, 6) is -0.785. The second-order valence-electron chi connectivity index (χ2n) is 6.80. The zero-order valence-corrected chi connectivity index (χ0v) is 19.6. The molecular formula is C24H23IN2O2S. The number of halogens is 1. The van der Waals surface area contributed by atoms with Crippen molar-refractivity contribution in [1.29, 1.82) is 0 Å². The zero-order valence-electron chi connectivity index (χ0n) is 16.7. The van der Waals surface area contributed by atoms with E-state index in [1.54, 1.807) is 11.8 Å². The van der Waals surface area contributed by atoms with Crippen molar-refractivity contribution in [1.82, 2.24) is 0 Å². The van der Waals surface area contributed by atoms with Gasteiger partial charge >= 0.3 is 5.97 Å². The Labute approximate surface area is 197 Å². The number of fused-ring (bicyclic) bond motifs is 2. The lowest BCUT2D eigenvalue weighted by Crippen LogP contribution is -3.00. The van der Waals surface area contributed by atoms with Crippen molar-refractivity contribution in [3.8, 4) is 0 Å². The van der Waals surface area contributed by atoms with Crippen LogP contribution in [-0.2, 0) is 11.3 Å². The van der Waals surface area contributed by atoms with Gasteiger partial charge in [-0.1, -0.05) is 48.2 Å². The van der Waals surface area contributed by atoms with Gasteiger partial charge in [0.1, 0.15) is 6.42 Å². The van der Waals surface area contributed by atoms with E-state index in [0.717, 1.165) is 23.0 Å². The van der Waals surface area contributed by atoms with Crippen LogP contribution in [0.5, 0.6) is 0 Å². The fourth-order valence-electron chi connectivity index (χ4n) is 3.60. The largest absolute Gasteiger partial charge is 1.00 e. The molecule has 0 unspecified atom stereocenters. The summed E-state index contributed by atoms with van der Waals surface area (Å²) in [5, 5.41) is 11.3. The molecule has 6 heteroatoms. The number of hydrogen-bond acceptors (Lipinski definition) is 3. The number of carboxylic acids is 1. The highest BCUT2D eigenvalue weighted by Crippen LogP contribution is 2.45. The number of benzene rings is 2. The summed E-state index contributed by atoms with van der Waals surface area (Å²) in [6.07, 6.45) is 8.46. The molecule has 154 valence electrons. The van der Waals surface area contributed by atoms with Crippen molar-refractivity contribution in [3.63, 3.8) is 0 Å². The van der Waals surface area contributed by atoms with Gasteiger partial charge in [0, 0.05) is 23.6 Å². The van der Waals surface area contributed by atoms with Crippen LogP contribution in [0.3, 0.4) is 0 Å². The number of allylic oxidation sites excluding steroid dienone is 2. The van der Waals surface area contributed by atoms with Crippen molar-refractivity contribution < 1.29 is 38.4 Å². The molecule has 0 amide bonds. The van der Waals surface area contributed by atoms with Gasteiger partial charge in [0.2, 0.25) is 5.52 Å². The number of hydrogen-bond donors (Lipinski definition) is 1. The second-order valence-corrected chi connectivity index (χ2v) is 7.87. The molecule has 1 aliphatic heterocycles. The Hall–Kier alpha value is -2.32. The lowest BCUT2D eigenvalue weighted by atomic mass is 10.1. The molecule has 1 N–H and O–H groups in total. The number of anilines is 1. The number of carbonyl (C=O) groups is 1. The summed E-state index contributed by atoms with van der Waals surface area (Å²) in [6, 6.07) is 18.7. The smallest absolute Gasteiger partial charge is 0.309 e. The summed E-state index contributed by atoms with van der Waals surface area (Å²) in [5.41, 5.74) is 3.43. The van der Waals surface area contributed by atoms with E-state index < -0.39 is 5.97 Å². The third kappa shape index (κ3) is 4.70. The highest BCUT2D eigenvalue weighted by Gasteiger charge is 2.22. The molecule has 0 saturated carbocycles. The van der Waals surface area contributed by atoms with Crippen molar-refractivity contribution in [2.45, 2.75) is 24.8 Å². The number of aryl methyl sites for hydroxylation is 1. The van der Waals surface area contributed by atoms with Crippen LogP contribution in [0.2, 0.25) is 0 Å². The first-order valence-electron chi connectivity index (χ1n) is 9.73. The minimum absolute atomic E-state index is 0. The standard InChI is InChI=1S/C24H22N2O2S.HI/c1-2-26-21-11-5-6-12-22(21)29-23(26)13-7-8-18-14-16-25(17-15-24(27)28)20-10-4-3-9-19(18)20;/h3-14,16H,2,15,17H2,1H3;1H. The number of pyridine rings is 1. The van der Waals surface area contributed by atoms with Crippen molar-refractivity contribution >= 4 is 40.4 Å². The number of thioether (sulfide) groups is 1. The highest BCUT2D eigenvalue weighted by molar-refractivity contribution is 8.03. The Bertz CT molecular complexity index is 1130. The Morgan fingerprint density at radius 1 is 1.13 bits per heavy atom. The lowest BCUT2D eigenvalue weighted by Gasteiger charge is -2.17. The van der Waals surface area contributed by atoms with Crippen molar-refractivity contribution in [3.05, 3.63) is 83.5 Å². The summed E-state index contributed by atoms with van der Waals surface area (Å²) in [7, 11) is 0. The minimum Gasteiger partial charge on any atom is -1.00 e. The molecule has 30 heavy (non-hydrogen) atoms. The van der Waals surface area contributed by atoms with E-state index in [2.05, 4.69) is 60.4 Å². The van der Waals surface area contributed by atoms with Gasteiger partial charge in [0.05, 0.1) is 16.1 Å². The molecule has 1 aliphatic rings. The molecule has 2 heterocycles. The van der Waals surface area contributed by atoms with Crippen LogP contribution in [0.25, 0.3) is 17.0 Å². The maximum atomic E-state index is 10.9. The van der Waals surface area contributed by atoms with Crippen LogP contribution in [0.4, 0.5) is 5.69 Å². The maximum Gasteiger partial charge on any atom is 0.309 e. The van der Waals surface area contributed by atoms with Crippen LogP contribution in [0.15, 0.2) is 82.9 Å². The van der Waals surface area contributed by atoms with Crippen molar-refractivity contribution in [2.24, 2.45) is 0 Å². The molecule has 0 aliphatic carbocycles. The molecule has 1 aromatic heterocycles. The molecule has 4 rings (SSSR count). The molecule has 0 bridgehead atoms. The van der Waals surface area contributed by atoms with E-state index >= 15 is 0 Å². The molecule has 3 aromatic rings. The first-order chi connectivity index (χ1) is 14.2. The van der Waals surface area contributed by atoms with Crippen LogP contribution < -0.4 is 33.4 Å². The Kier molecular flexibility index (Phi) is 7.55. The minimum atomic E-state index is -0.785. The Balaban J connectivity index is 0.00000256. The normalized spacial score (nSPS) is 14.3. The highest BCUT2D eigenvalue weighted by atomic mass is 127. The average molecular weight is 530 g/mol.